The smallest absolute Gasteiger partial charge is 0.264 e. The third-order valence-corrected chi connectivity index (χ3v) is 7.58. The molecule has 3 aromatic heterocycles. The van der Waals surface area contributed by atoms with Crippen LogP contribution in [-0.4, -0.2) is 44.7 Å². The molecule has 5 rings (SSSR count). The second-order valence-electron chi connectivity index (χ2n) is 9.52. The van der Waals surface area contributed by atoms with Crippen LogP contribution >= 0.6 is 11.3 Å². The standard InChI is InChI=1S/C27H24F2N6O3S/c1-5-15-8-16(15)24-33-34-26(39-24)32-23(37)19-11-30-21(35-13-14(2)6-7-22(35)36)9-17(19)18-10-27(3,25(28)29)31-12-20(18)38-4/h1,6-7,9-13,15-16,25,31H,8H2,2-4H3,(H,32,34,37)/t15-,16?,27?/m0/s1. The lowest BCUT2D eigenvalue weighted by Gasteiger charge is -2.32. The van der Waals surface area contributed by atoms with Crippen LogP contribution in [0, 0.1) is 25.2 Å². The quantitative estimate of drug-likeness (QED) is 0.430. The minimum Gasteiger partial charge on any atom is -0.495 e. The third kappa shape index (κ3) is 5.05. The molecule has 4 heterocycles. The average molecular weight is 551 g/mol. The lowest BCUT2D eigenvalue weighted by atomic mass is 9.90. The van der Waals surface area contributed by atoms with Gasteiger partial charge < -0.3 is 10.1 Å². The lowest BCUT2D eigenvalue weighted by molar-refractivity contribution is 0.0732. The summed E-state index contributed by atoms with van der Waals surface area (Å²) < 4.78 is 34.8. The number of rotatable bonds is 7. The molecule has 1 aliphatic heterocycles. The molecular formula is C27H24F2N6O3S. The Morgan fingerprint density at radius 1 is 1.38 bits per heavy atom. The number of aryl methyl sites for hydroxylation is 1. The number of methoxy groups -OCH3 is 1. The number of carbonyl (C=O) groups excluding carboxylic acids is 1. The van der Waals surface area contributed by atoms with Gasteiger partial charge in [0.1, 0.15) is 22.1 Å². The number of hydrogen-bond donors (Lipinski definition) is 2. The molecule has 200 valence electrons. The van der Waals surface area contributed by atoms with Gasteiger partial charge in [-0.1, -0.05) is 17.4 Å². The number of aromatic nitrogens is 4. The van der Waals surface area contributed by atoms with Crippen molar-refractivity contribution >= 4 is 27.9 Å². The molecule has 0 saturated heterocycles. The van der Waals surface area contributed by atoms with Crippen molar-refractivity contribution in [2.75, 3.05) is 12.4 Å². The molecule has 0 radical (unpaired) electrons. The number of allylic oxidation sites excluding steroid dienone is 1. The predicted octanol–water partition coefficient (Wildman–Crippen LogP) is 3.88. The van der Waals surface area contributed by atoms with E-state index in [0.29, 0.717) is 0 Å². The molecule has 1 saturated carbocycles. The molecule has 2 aliphatic rings. The van der Waals surface area contributed by atoms with Gasteiger partial charge in [0.05, 0.1) is 12.7 Å². The minimum atomic E-state index is -2.77. The number of carbonyl (C=O) groups is 1. The van der Waals surface area contributed by atoms with Crippen LogP contribution in [0.1, 0.15) is 45.8 Å². The predicted molar refractivity (Wildman–Crippen MR) is 143 cm³/mol. The van der Waals surface area contributed by atoms with Gasteiger partial charge in [-0.15, -0.1) is 22.5 Å². The first-order valence-electron chi connectivity index (χ1n) is 12.0. The highest BCUT2D eigenvalue weighted by Gasteiger charge is 2.40. The summed E-state index contributed by atoms with van der Waals surface area (Å²) in [4.78, 5) is 30.4. The number of halogens is 2. The molecule has 12 heteroatoms. The maximum absolute atomic E-state index is 14.0. The summed E-state index contributed by atoms with van der Waals surface area (Å²) in [5, 5.41) is 14.6. The third-order valence-electron chi connectivity index (χ3n) is 6.61. The van der Waals surface area contributed by atoms with Crippen molar-refractivity contribution in [3.8, 4) is 18.2 Å². The Kier molecular flexibility index (Phi) is 6.78. The van der Waals surface area contributed by atoms with Gasteiger partial charge in [-0.05, 0) is 38.0 Å². The van der Waals surface area contributed by atoms with Gasteiger partial charge in [0.15, 0.2) is 0 Å². The molecule has 3 atom stereocenters. The number of amides is 1. The van der Waals surface area contributed by atoms with E-state index in [1.54, 1.807) is 12.3 Å². The monoisotopic (exact) mass is 550 g/mol. The van der Waals surface area contributed by atoms with E-state index in [-0.39, 0.29) is 50.8 Å². The summed E-state index contributed by atoms with van der Waals surface area (Å²) in [6.45, 7) is 3.15. The second-order valence-corrected chi connectivity index (χ2v) is 10.5. The zero-order valence-electron chi connectivity index (χ0n) is 21.2. The normalized spacial score (nSPS) is 21.9. The number of anilines is 1. The van der Waals surface area contributed by atoms with E-state index in [9.17, 15) is 18.4 Å². The summed E-state index contributed by atoms with van der Waals surface area (Å²) >= 11 is 1.22. The van der Waals surface area contributed by atoms with Crippen LogP contribution in [0.3, 0.4) is 0 Å². The van der Waals surface area contributed by atoms with Crippen molar-refractivity contribution in [2.24, 2.45) is 5.92 Å². The van der Waals surface area contributed by atoms with E-state index in [1.807, 2.05) is 6.92 Å². The highest BCUT2D eigenvalue weighted by Crippen LogP contribution is 2.48. The van der Waals surface area contributed by atoms with E-state index in [4.69, 9.17) is 11.2 Å². The van der Waals surface area contributed by atoms with Gasteiger partial charge in [-0.25, -0.2) is 13.8 Å². The van der Waals surface area contributed by atoms with E-state index >= 15 is 0 Å². The highest BCUT2D eigenvalue weighted by molar-refractivity contribution is 7.15. The zero-order valence-corrected chi connectivity index (χ0v) is 22.1. The minimum absolute atomic E-state index is 0.0665. The van der Waals surface area contributed by atoms with Crippen LogP contribution in [0.4, 0.5) is 13.9 Å². The Bertz CT molecular complexity index is 1620. The summed E-state index contributed by atoms with van der Waals surface area (Å²) in [5.41, 5.74) is -0.730. The number of alkyl halides is 2. The Labute approximate surface area is 226 Å². The summed E-state index contributed by atoms with van der Waals surface area (Å²) in [7, 11) is 1.39. The Hall–Kier alpha value is -4.37. The first kappa shape index (κ1) is 26.2. The molecule has 3 aromatic rings. The molecule has 0 spiro atoms. The van der Waals surface area contributed by atoms with E-state index in [2.05, 4.69) is 31.7 Å². The van der Waals surface area contributed by atoms with Crippen molar-refractivity contribution in [2.45, 2.75) is 38.2 Å². The zero-order chi connectivity index (χ0) is 27.9. The summed E-state index contributed by atoms with van der Waals surface area (Å²) in [6.07, 6.45) is 9.07. The van der Waals surface area contributed by atoms with Crippen molar-refractivity contribution in [1.29, 1.82) is 0 Å². The van der Waals surface area contributed by atoms with Gasteiger partial charge in [0.2, 0.25) is 5.13 Å². The lowest BCUT2D eigenvalue weighted by Crippen LogP contribution is -2.46. The summed E-state index contributed by atoms with van der Waals surface area (Å²) in [6, 6.07) is 4.56. The second kappa shape index (κ2) is 10.1. The number of nitrogens with one attached hydrogen (secondary N) is 2. The number of pyridine rings is 2. The van der Waals surface area contributed by atoms with Gasteiger partial charge in [0.25, 0.3) is 17.9 Å². The van der Waals surface area contributed by atoms with E-state index in [1.165, 1.54) is 60.5 Å². The highest BCUT2D eigenvalue weighted by atomic mass is 32.1. The first-order chi connectivity index (χ1) is 18.6. The van der Waals surface area contributed by atoms with Gasteiger partial charge >= 0.3 is 0 Å². The molecule has 1 amide bonds. The molecule has 1 fully saturated rings. The van der Waals surface area contributed by atoms with Crippen LogP contribution < -0.4 is 16.2 Å². The van der Waals surface area contributed by atoms with Crippen LogP contribution in [0.2, 0.25) is 0 Å². The van der Waals surface area contributed by atoms with Crippen LogP contribution in [0.15, 0.2) is 53.4 Å². The maximum Gasteiger partial charge on any atom is 0.264 e. The Morgan fingerprint density at radius 2 is 2.18 bits per heavy atom. The van der Waals surface area contributed by atoms with Gasteiger partial charge in [-0.2, -0.15) is 0 Å². The number of ether oxygens (including phenoxy) is 1. The number of nitrogens with zero attached hydrogens (tertiary/aromatic N) is 4. The molecule has 0 bridgehead atoms. The van der Waals surface area contributed by atoms with Crippen molar-refractivity contribution in [1.82, 2.24) is 25.1 Å². The molecule has 2 unspecified atom stereocenters. The maximum atomic E-state index is 14.0. The topological polar surface area (TPSA) is 111 Å². The van der Waals surface area contributed by atoms with Crippen LogP contribution in [0.25, 0.3) is 11.4 Å². The van der Waals surface area contributed by atoms with Gasteiger partial charge in [-0.3, -0.25) is 19.5 Å². The largest absolute Gasteiger partial charge is 0.495 e. The molecule has 0 aromatic carbocycles. The Balaban J connectivity index is 1.59. The van der Waals surface area contributed by atoms with E-state index < -0.39 is 17.9 Å². The van der Waals surface area contributed by atoms with Crippen molar-refractivity contribution in [3.05, 3.63) is 80.7 Å². The number of dihydropyridines is 1. The molecular weight excluding hydrogens is 526 g/mol. The molecule has 39 heavy (non-hydrogen) atoms. The fourth-order valence-corrected chi connectivity index (χ4v) is 5.14. The number of hydrogen-bond acceptors (Lipinski definition) is 8. The Morgan fingerprint density at radius 3 is 2.87 bits per heavy atom. The fraction of sp³-hybridized carbons (Fsp3) is 0.296. The first-order valence-corrected chi connectivity index (χ1v) is 12.8. The molecule has 2 N–H and O–H groups in total. The van der Waals surface area contributed by atoms with Crippen molar-refractivity contribution < 1.29 is 18.3 Å². The fourth-order valence-electron chi connectivity index (χ4n) is 4.22. The SMILES string of the molecule is C#C[C@H]1CC1c1nnc(NC(=O)c2cnc(-n3cc(C)ccc3=O)cc2C2=CC(C)(C(F)F)NC=C2OC)s1. The average Bonchev–Trinajstić information content (AvgIpc) is 3.58. The van der Waals surface area contributed by atoms with Crippen LogP contribution in [0.5, 0.6) is 0 Å². The van der Waals surface area contributed by atoms with E-state index in [0.717, 1.165) is 17.0 Å². The molecule has 1 aliphatic carbocycles. The molecule has 9 nitrogen and oxygen atoms in total. The van der Waals surface area contributed by atoms with Gasteiger partial charge in [0, 0.05) is 47.6 Å². The number of terminal acetylenes is 1. The van der Waals surface area contributed by atoms with Crippen LogP contribution in [-0.2, 0) is 4.74 Å². The van der Waals surface area contributed by atoms with Crippen molar-refractivity contribution in [3.63, 3.8) is 0 Å². The summed E-state index contributed by atoms with van der Waals surface area (Å²) in [5.74, 6) is 2.79.